The van der Waals surface area contributed by atoms with Gasteiger partial charge in [0.25, 0.3) is 0 Å². The lowest BCUT2D eigenvalue weighted by molar-refractivity contribution is 0.412. The van der Waals surface area contributed by atoms with Crippen LogP contribution in [0.25, 0.3) is 0 Å². The molecule has 3 aromatic carbocycles. The molecule has 1 aliphatic heterocycles. The van der Waals surface area contributed by atoms with E-state index >= 15 is 0 Å². The Hall–Kier alpha value is -3.07. The lowest BCUT2D eigenvalue weighted by Gasteiger charge is -2.32. The minimum Gasteiger partial charge on any atom is -0.497 e. The zero-order chi connectivity index (χ0) is 18.8. The molecular weight excluding hydrogens is 334 g/mol. The van der Waals surface area contributed by atoms with Crippen molar-refractivity contribution in [2.75, 3.05) is 14.2 Å². The SMILES string of the molecule is COc1cccc([C@@H]2c3cc(OC)ccc3C(C)=N[C@H]2c2ccccc2)c1. The van der Waals surface area contributed by atoms with E-state index in [1.807, 2.05) is 24.3 Å². The summed E-state index contributed by atoms with van der Waals surface area (Å²) in [6.07, 6.45) is 0. The van der Waals surface area contributed by atoms with Gasteiger partial charge in [-0.1, -0.05) is 42.5 Å². The Morgan fingerprint density at radius 2 is 1.44 bits per heavy atom. The van der Waals surface area contributed by atoms with E-state index in [4.69, 9.17) is 14.5 Å². The monoisotopic (exact) mass is 357 g/mol. The van der Waals surface area contributed by atoms with E-state index < -0.39 is 0 Å². The second-order valence-electron chi connectivity index (χ2n) is 6.78. The molecule has 3 heteroatoms. The van der Waals surface area contributed by atoms with E-state index in [0.29, 0.717) is 0 Å². The van der Waals surface area contributed by atoms with Crippen molar-refractivity contribution >= 4 is 5.71 Å². The fourth-order valence-corrected chi connectivity index (χ4v) is 3.89. The standard InChI is InChI=1S/C24H23NO2/c1-16-21-13-12-20(27-3)15-22(21)23(18-10-7-11-19(14-18)26-2)24(25-16)17-8-5-4-6-9-17/h4-15,23-24H,1-3H3/t23-,24+/m1/s1. The zero-order valence-corrected chi connectivity index (χ0v) is 15.8. The lowest BCUT2D eigenvalue weighted by Crippen LogP contribution is -2.21. The number of rotatable bonds is 4. The van der Waals surface area contributed by atoms with Gasteiger partial charge in [0.05, 0.1) is 20.3 Å². The van der Waals surface area contributed by atoms with Gasteiger partial charge in [-0.25, -0.2) is 0 Å². The smallest absolute Gasteiger partial charge is 0.119 e. The van der Waals surface area contributed by atoms with Crippen LogP contribution in [-0.2, 0) is 0 Å². The summed E-state index contributed by atoms with van der Waals surface area (Å²) in [5, 5.41) is 0. The van der Waals surface area contributed by atoms with Crippen LogP contribution in [0.2, 0.25) is 0 Å². The fraction of sp³-hybridized carbons (Fsp3) is 0.208. The first kappa shape index (κ1) is 17.3. The lowest BCUT2D eigenvalue weighted by atomic mass is 9.77. The van der Waals surface area contributed by atoms with Crippen LogP contribution >= 0.6 is 0 Å². The first-order chi connectivity index (χ1) is 13.2. The van der Waals surface area contributed by atoms with Gasteiger partial charge in [-0.15, -0.1) is 0 Å². The molecule has 3 nitrogen and oxygen atoms in total. The highest BCUT2D eigenvalue weighted by Gasteiger charge is 2.32. The summed E-state index contributed by atoms with van der Waals surface area (Å²) in [5.41, 5.74) is 5.87. The zero-order valence-electron chi connectivity index (χ0n) is 15.8. The molecule has 0 unspecified atom stereocenters. The topological polar surface area (TPSA) is 30.8 Å². The first-order valence-corrected chi connectivity index (χ1v) is 9.13. The van der Waals surface area contributed by atoms with Gasteiger partial charge in [-0.05, 0) is 59.5 Å². The van der Waals surface area contributed by atoms with Crippen molar-refractivity contribution in [1.82, 2.24) is 0 Å². The number of benzene rings is 3. The van der Waals surface area contributed by atoms with Crippen LogP contribution < -0.4 is 9.47 Å². The number of methoxy groups -OCH3 is 2. The maximum atomic E-state index is 5.52. The average Bonchev–Trinajstić information content (AvgIpc) is 2.73. The fourth-order valence-electron chi connectivity index (χ4n) is 3.89. The third-order valence-corrected chi connectivity index (χ3v) is 5.23. The molecule has 0 radical (unpaired) electrons. The van der Waals surface area contributed by atoms with Gasteiger partial charge < -0.3 is 9.47 Å². The minimum absolute atomic E-state index is 0.0120. The second kappa shape index (κ2) is 7.28. The Balaban J connectivity index is 1.94. The van der Waals surface area contributed by atoms with Crippen molar-refractivity contribution in [1.29, 1.82) is 0 Å². The predicted molar refractivity (Wildman–Crippen MR) is 109 cm³/mol. The van der Waals surface area contributed by atoms with E-state index in [1.165, 1.54) is 22.3 Å². The number of ether oxygens (including phenoxy) is 2. The third kappa shape index (κ3) is 3.21. The minimum atomic E-state index is 0.0120. The van der Waals surface area contributed by atoms with E-state index in [1.54, 1.807) is 14.2 Å². The Bertz CT molecular complexity index is 979. The van der Waals surface area contributed by atoms with E-state index in [2.05, 4.69) is 55.5 Å². The molecule has 0 amide bonds. The van der Waals surface area contributed by atoms with E-state index in [0.717, 1.165) is 17.2 Å². The van der Waals surface area contributed by atoms with Crippen molar-refractivity contribution in [2.45, 2.75) is 18.9 Å². The van der Waals surface area contributed by atoms with E-state index in [9.17, 15) is 0 Å². The Morgan fingerprint density at radius 1 is 0.741 bits per heavy atom. The van der Waals surface area contributed by atoms with Gasteiger partial charge in [-0.3, -0.25) is 4.99 Å². The van der Waals surface area contributed by atoms with Gasteiger partial charge in [0, 0.05) is 11.6 Å². The van der Waals surface area contributed by atoms with Crippen molar-refractivity contribution in [3.05, 3.63) is 95.1 Å². The molecule has 1 aliphatic rings. The summed E-state index contributed by atoms with van der Waals surface area (Å²) in [6, 6.07) is 25.1. The molecule has 0 bridgehead atoms. The van der Waals surface area contributed by atoms with Crippen LogP contribution in [-0.4, -0.2) is 19.9 Å². The second-order valence-corrected chi connectivity index (χ2v) is 6.78. The van der Waals surface area contributed by atoms with Crippen molar-refractivity contribution in [2.24, 2.45) is 4.99 Å². The molecule has 0 aromatic heterocycles. The largest absolute Gasteiger partial charge is 0.497 e. The highest BCUT2D eigenvalue weighted by molar-refractivity contribution is 6.01. The summed E-state index contributed by atoms with van der Waals surface area (Å²) in [7, 11) is 3.41. The van der Waals surface area contributed by atoms with Crippen molar-refractivity contribution in [3.8, 4) is 11.5 Å². The predicted octanol–water partition coefficient (Wildman–Crippen LogP) is 5.40. The molecule has 3 aromatic rings. The molecule has 0 N–H and O–H groups in total. The molecule has 0 fully saturated rings. The Morgan fingerprint density at radius 3 is 2.19 bits per heavy atom. The molecular formula is C24H23NO2. The molecule has 0 spiro atoms. The van der Waals surface area contributed by atoms with Gasteiger partial charge >= 0.3 is 0 Å². The molecule has 2 atom stereocenters. The maximum Gasteiger partial charge on any atom is 0.119 e. The molecule has 27 heavy (non-hydrogen) atoms. The van der Waals surface area contributed by atoms with Crippen LogP contribution in [0.5, 0.6) is 11.5 Å². The van der Waals surface area contributed by atoms with Gasteiger partial charge in [0.1, 0.15) is 11.5 Å². The summed E-state index contributed by atoms with van der Waals surface area (Å²) >= 11 is 0. The third-order valence-electron chi connectivity index (χ3n) is 5.23. The summed E-state index contributed by atoms with van der Waals surface area (Å²) in [4.78, 5) is 5.10. The molecule has 4 rings (SSSR count). The van der Waals surface area contributed by atoms with Crippen LogP contribution in [0.15, 0.2) is 77.8 Å². The molecule has 1 heterocycles. The molecule has 0 aliphatic carbocycles. The highest BCUT2D eigenvalue weighted by atomic mass is 16.5. The summed E-state index contributed by atoms with van der Waals surface area (Å²) in [5.74, 6) is 1.81. The first-order valence-electron chi connectivity index (χ1n) is 9.13. The van der Waals surface area contributed by atoms with Crippen molar-refractivity contribution < 1.29 is 9.47 Å². The molecule has 0 saturated heterocycles. The summed E-state index contributed by atoms with van der Waals surface area (Å²) < 4.78 is 11.0. The van der Waals surface area contributed by atoms with Crippen LogP contribution in [0.3, 0.4) is 0 Å². The molecule has 136 valence electrons. The normalized spacial score (nSPS) is 18.4. The van der Waals surface area contributed by atoms with E-state index in [-0.39, 0.29) is 12.0 Å². The van der Waals surface area contributed by atoms with Gasteiger partial charge in [0.2, 0.25) is 0 Å². The Labute approximate surface area is 160 Å². The highest BCUT2D eigenvalue weighted by Crippen LogP contribution is 2.45. The molecule has 0 saturated carbocycles. The number of nitrogens with zero attached hydrogens (tertiary/aromatic N) is 1. The number of hydrogen-bond acceptors (Lipinski definition) is 3. The van der Waals surface area contributed by atoms with Crippen molar-refractivity contribution in [3.63, 3.8) is 0 Å². The summed E-state index contributed by atoms with van der Waals surface area (Å²) in [6.45, 7) is 2.09. The van der Waals surface area contributed by atoms with Crippen LogP contribution in [0, 0.1) is 0 Å². The van der Waals surface area contributed by atoms with Gasteiger partial charge in [-0.2, -0.15) is 0 Å². The van der Waals surface area contributed by atoms with Crippen LogP contribution in [0.1, 0.15) is 41.1 Å². The van der Waals surface area contributed by atoms with Crippen LogP contribution in [0.4, 0.5) is 0 Å². The maximum absolute atomic E-state index is 5.52. The Kier molecular flexibility index (Phi) is 4.68. The van der Waals surface area contributed by atoms with Gasteiger partial charge in [0.15, 0.2) is 0 Å². The average molecular weight is 357 g/mol. The number of fused-ring (bicyclic) bond motifs is 1. The number of aliphatic imine (C=N–C) groups is 1. The number of hydrogen-bond donors (Lipinski definition) is 0. The quantitative estimate of drug-likeness (QED) is 0.626.